The predicted octanol–water partition coefficient (Wildman–Crippen LogP) is 4.62. The molecule has 4 atom stereocenters. The molecule has 3 aromatic rings. The molecule has 0 aromatic carbocycles. The summed E-state index contributed by atoms with van der Waals surface area (Å²) in [6.45, 7) is 5.49. The minimum absolute atomic E-state index is 0.0571. The Morgan fingerprint density at radius 1 is 1.26 bits per heavy atom. The fourth-order valence-corrected chi connectivity index (χ4v) is 6.12. The molecule has 2 N–H and O–H groups in total. The second-order valence-corrected chi connectivity index (χ2v) is 11.8. The first-order chi connectivity index (χ1) is 20.3. The van der Waals surface area contributed by atoms with Gasteiger partial charge in [0.1, 0.15) is 5.69 Å². The van der Waals surface area contributed by atoms with Gasteiger partial charge in [0.15, 0.2) is 0 Å². The molecule has 1 saturated carbocycles. The number of carbonyl (C=O) groups excluding carboxylic acids is 2. The van der Waals surface area contributed by atoms with Crippen molar-refractivity contribution < 1.29 is 31.5 Å². The molecule has 43 heavy (non-hydrogen) atoms. The van der Waals surface area contributed by atoms with E-state index in [-0.39, 0.29) is 48.8 Å². The smallest absolute Gasteiger partial charge is 0.355 e. The highest BCUT2D eigenvalue weighted by molar-refractivity contribution is 5.92. The van der Waals surface area contributed by atoms with Crippen molar-refractivity contribution in [2.24, 2.45) is 17.8 Å². The van der Waals surface area contributed by atoms with Gasteiger partial charge in [0.25, 0.3) is 11.7 Å². The largest absolute Gasteiger partial charge is 0.393 e. The number of amides is 2. The summed E-state index contributed by atoms with van der Waals surface area (Å²) < 4.78 is 72.2. The molecule has 0 radical (unpaired) electrons. The highest BCUT2D eigenvalue weighted by Crippen LogP contribution is 2.42. The first-order valence-electron chi connectivity index (χ1n) is 14.6. The van der Waals surface area contributed by atoms with E-state index in [1.807, 2.05) is 20.8 Å². The van der Waals surface area contributed by atoms with Crippen LogP contribution in [0.5, 0.6) is 0 Å². The Hall–Kier alpha value is -3.65. The molecule has 2 aliphatic rings. The number of alkyl halides is 5. The van der Waals surface area contributed by atoms with Gasteiger partial charge in [0.2, 0.25) is 11.8 Å². The molecular weight excluding hydrogens is 575 g/mol. The van der Waals surface area contributed by atoms with Crippen LogP contribution in [0.25, 0.3) is 5.78 Å². The number of aryl methyl sites for hydroxylation is 1. The van der Waals surface area contributed by atoms with E-state index < -0.39 is 60.7 Å². The number of piperidine rings is 1. The van der Waals surface area contributed by atoms with Crippen LogP contribution < -0.4 is 10.6 Å². The normalized spacial score (nSPS) is 23.4. The average molecular weight is 611 g/mol. The molecule has 1 aliphatic heterocycles. The van der Waals surface area contributed by atoms with Crippen LogP contribution in [0.4, 0.5) is 22.0 Å². The van der Waals surface area contributed by atoms with Crippen molar-refractivity contribution in [3.63, 3.8) is 0 Å². The first kappa shape index (κ1) is 30.8. The number of halogens is 5. The Morgan fingerprint density at radius 2 is 2.02 bits per heavy atom. The zero-order valence-corrected chi connectivity index (χ0v) is 24.2. The van der Waals surface area contributed by atoms with E-state index in [2.05, 4.69) is 30.8 Å². The topological polar surface area (TPSA) is 119 Å². The van der Waals surface area contributed by atoms with Gasteiger partial charge in [-0.05, 0) is 44.1 Å². The lowest BCUT2D eigenvalue weighted by Crippen LogP contribution is -2.47. The summed E-state index contributed by atoms with van der Waals surface area (Å²) in [5, 5.41) is 14.0. The summed E-state index contributed by atoms with van der Waals surface area (Å²) in [6.07, 6.45) is -1.80. The van der Waals surface area contributed by atoms with Crippen molar-refractivity contribution in [3.8, 4) is 0 Å². The molecule has 234 valence electrons. The lowest BCUT2D eigenvalue weighted by atomic mass is 9.80. The number of nitrogens with zero attached hydrogens (tertiary/aromatic N) is 6. The zero-order valence-electron chi connectivity index (χ0n) is 24.2. The van der Waals surface area contributed by atoms with Crippen LogP contribution in [0.2, 0.25) is 0 Å². The third-order valence-electron chi connectivity index (χ3n) is 8.35. The number of carbonyl (C=O) groups is 2. The maximum atomic E-state index is 14.5. The SMILES string of the molecule is CCn1nccc1C(=O)N[C@H](c1cn2nc(C[C@H]3C[C@@H](C(F)(F)F)CNC3=O)c(C(C)C)nc2n1)[C@H]1CCCC(F)(F)C1. The molecule has 2 fully saturated rings. The van der Waals surface area contributed by atoms with Crippen LogP contribution in [0, 0.1) is 17.8 Å². The molecule has 1 saturated heterocycles. The average Bonchev–Trinajstić information content (AvgIpc) is 3.57. The van der Waals surface area contributed by atoms with Gasteiger partial charge in [-0.2, -0.15) is 23.4 Å². The fraction of sp³-hybridized carbons (Fsp3) is 0.643. The molecule has 4 heterocycles. The number of fused-ring (bicyclic) bond motifs is 1. The number of hydrogen-bond acceptors (Lipinski definition) is 6. The molecular formula is C28H35F5N8O2. The number of rotatable bonds is 8. The van der Waals surface area contributed by atoms with E-state index in [0.29, 0.717) is 24.4 Å². The van der Waals surface area contributed by atoms with Crippen molar-refractivity contribution in [1.82, 2.24) is 40.0 Å². The van der Waals surface area contributed by atoms with Gasteiger partial charge in [-0.1, -0.05) is 13.8 Å². The fourth-order valence-electron chi connectivity index (χ4n) is 6.12. The van der Waals surface area contributed by atoms with Crippen LogP contribution in [-0.4, -0.2) is 59.8 Å². The van der Waals surface area contributed by atoms with Crippen LogP contribution in [0.3, 0.4) is 0 Å². The second-order valence-electron chi connectivity index (χ2n) is 11.8. The van der Waals surface area contributed by atoms with E-state index in [4.69, 9.17) is 0 Å². The third-order valence-corrected chi connectivity index (χ3v) is 8.35. The molecule has 1 aliphatic carbocycles. The second kappa shape index (κ2) is 11.8. The Morgan fingerprint density at radius 3 is 2.70 bits per heavy atom. The Kier molecular flexibility index (Phi) is 8.45. The van der Waals surface area contributed by atoms with E-state index >= 15 is 0 Å². The Balaban J connectivity index is 1.49. The maximum Gasteiger partial charge on any atom is 0.393 e. The van der Waals surface area contributed by atoms with Gasteiger partial charge in [-0.25, -0.2) is 23.3 Å². The lowest BCUT2D eigenvalue weighted by molar-refractivity contribution is -0.183. The monoisotopic (exact) mass is 610 g/mol. The van der Waals surface area contributed by atoms with Gasteiger partial charge < -0.3 is 10.6 Å². The molecule has 3 aromatic heterocycles. The zero-order chi connectivity index (χ0) is 31.1. The van der Waals surface area contributed by atoms with Crippen molar-refractivity contribution in [3.05, 3.63) is 41.2 Å². The molecule has 2 amide bonds. The number of nitrogens with one attached hydrogen (secondary N) is 2. The third kappa shape index (κ3) is 6.64. The summed E-state index contributed by atoms with van der Waals surface area (Å²) in [4.78, 5) is 35.0. The van der Waals surface area contributed by atoms with Crippen molar-refractivity contribution in [2.45, 2.75) is 89.9 Å². The number of hydrogen-bond donors (Lipinski definition) is 2. The van der Waals surface area contributed by atoms with Crippen LogP contribution >= 0.6 is 0 Å². The van der Waals surface area contributed by atoms with E-state index in [9.17, 15) is 31.5 Å². The van der Waals surface area contributed by atoms with Crippen LogP contribution in [0.15, 0.2) is 18.5 Å². The summed E-state index contributed by atoms with van der Waals surface area (Å²) in [6, 6.07) is 0.661. The van der Waals surface area contributed by atoms with Crippen LogP contribution in [-0.2, 0) is 17.8 Å². The van der Waals surface area contributed by atoms with Gasteiger partial charge in [-0.15, -0.1) is 0 Å². The molecule has 5 rings (SSSR count). The number of imidazole rings is 1. The molecule has 0 spiro atoms. The molecule has 0 bridgehead atoms. The molecule has 10 nitrogen and oxygen atoms in total. The van der Waals surface area contributed by atoms with E-state index in [1.54, 1.807) is 6.07 Å². The van der Waals surface area contributed by atoms with Crippen molar-refractivity contribution in [1.29, 1.82) is 0 Å². The van der Waals surface area contributed by atoms with Gasteiger partial charge in [-0.3, -0.25) is 14.3 Å². The number of aromatic nitrogens is 6. The van der Waals surface area contributed by atoms with Gasteiger partial charge in [0.05, 0.1) is 35.2 Å². The maximum absolute atomic E-state index is 14.5. The first-order valence-corrected chi connectivity index (χ1v) is 14.6. The summed E-state index contributed by atoms with van der Waals surface area (Å²) >= 11 is 0. The highest BCUT2D eigenvalue weighted by atomic mass is 19.4. The lowest BCUT2D eigenvalue weighted by Gasteiger charge is -2.34. The minimum atomic E-state index is -4.44. The summed E-state index contributed by atoms with van der Waals surface area (Å²) in [7, 11) is 0. The molecule has 15 heteroatoms. The predicted molar refractivity (Wildman–Crippen MR) is 144 cm³/mol. The van der Waals surface area contributed by atoms with Gasteiger partial charge in [0, 0.05) is 44.5 Å². The Labute approximate surface area is 244 Å². The quantitative estimate of drug-likeness (QED) is 0.360. The molecule has 0 unspecified atom stereocenters. The Bertz CT molecular complexity index is 1480. The van der Waals surface area contributed by atoms with Crippen molar-refractivity contribution >= 4 is 17.6 Å². The van der Waals surface area contributed by atoms with E-state index in [1.165, 1.54) is 21.6 Å². The van der Waals surface area contributed by atoms with Crippen molar-refractivity contribution in [2.75, 3.05) is 6.54 Å². The standard InChI is InChI=1S/C28H35F5N8O2/c1-4-40-21(7-9-35-40)25(43)37-23(16-6-5-8-27(29,30)12-16)20-14-41-26(36-20)38-22(15(2)3)19(39-41)11-17-10-18(28(31,32)33)13-34-24(17)42/h7,9,14-18,23H,4-6,8,10-13H2,1-3H3,(H,34,42)(H,37,43)/t16-,17+,18+,23-/m0/s1. The highest BCUT2D eigenvalue weighted by Gasteiger charge is 2.45. The van der Waals surface area contributed by atoms with E-state index in [0.717, 1.165) is 0 Å². The summed E-state index contributed by atoms with van der Waals surface area (Å²) in [5.74, 6) is -7.12. The summed E-state index contributed by atoms with van der Waals surface area (Å²) in [5.41, 5.74) is 1.40. The van der Waals surface area contributed by atoms with Crippen LogP contribution in [0.1, 0.15) is 92.4 Å². The minimum Gasteiger partial charge on any atom is -0.355 e. The van der Waals surface area contributed by atoms with Gasteiger partial charge >= 0.3 is 6.18 Å².